The zero-order valence-electron chi connectivity index (χ0n) is 44.1. The van der Waals surface area contributed by atoms with E-state index in [-0.39, 0.29) is 30.1 Å². The number of anilines is 2. The van der Waals surface area contributed by atoms with Gasteiger partial charge in [0.1, 0.15) is 31.7 Å². The monoisotopic (exact) mass is 1120 g/mol. The summed E-state index contributed by atoms with van der Waals surface area (Å²) in [5, 5.41) is 19.4. The van der Waals surface area contributed by atoms with Crippen molar-refractivity contribution in [2.75, 3.05) is 70.7 Å². The Kier molecular flexibility index (Phi) is 18.1. The molecule has 3 aromatic carbocycles. The van der Waals surface area contributed by atoms with Crippen LogP contribution in [0.1, 0.15) is 117 Å². The van der Waals surface area contributed by atoms with Crippen molar-refractivity contribution in [1.29, 1.82) is 0 Å². The number of amides is 2. The number of rotatable bonds is 24. The van der Waals surface area contributed by atoms with Crippen LogP contribution in [0.15, 0.2) is 67.3 Å². The number of hydrogen-bond donors (Lipinski definition) is 7. The van der Waals surface area contributed by atoms with Crippen molar-refractivity contribution in [2.24, 2.45) is 0 Å². The number of carbonyl (C=O) groups excluding carboxylic acids is 2. The number of phosphoric ester groups is 1. The Bertz CT molecular complexity index is 3300. The number of nitrogens with zero attached hydrogens (tertiary/aromatic N) is 7. The van der Waals surface area contributed by atoms with Crippen LogP contribution in [0.25, 0.3) is 16.7 Å². The molecule has 1 fully saturated rings. The van der Waals surface area contributed by atoms with Crippen molar-refractivity contribution in [3.8, 4) is 0 Å². The van der Waals surface area contributed by atoms with Gasteiger partial charge in [-0.05, 0) is 89.9 Å². The SMILES string of the molecule is CC[N+]1=c2cc3c(cc2CCC1)=C(c1ccccc1C(=O)N(C)CCCC(=O)NCCCCCCNc1ncnc2c1ncn2[C@H]1C[C@H](O)[C@@H](COP(=O)(O)OP(=O)(O)OP(=O)(O)O)O1)c1ccc(N(C)C)cc1C3(C)C. The highest BCUT2D eigenvalue weighted by atomic mass is 31.3. The molecule has 4 heterocycles. The molecule has 0 radical (unpaired) electrons. The fraction of sp³-hybridized carbons (Fsp3) is 0.490. The molecule has 23 nitrogen and oxygen atoms in total. The van der Waals surface area contributed by atoms with E-state index in [1.54, 1.807) is 11.9 Å². The maximum Gasteiger partial charge on any atom is 0.490 e. The number of nitrogens with one attached hydrogen (secondary N) is 2. The number of benzene rings is 3. The Morgan fingerprint density at radius 1 is 0.896 bits per heavy atom. The average molecular weight is 1130 g/mol. The lowest BCUT2D eigenvalue weighted by molar-refractivity contribution is -0.121. The number of carbonyl (C=O) groups is 2. The molecular weight excluding hydrogens is 1060 g/mol. The van der Waals surface area contributed by atoms with E-state index in [9.17, 15) is 38.2 Å². The molecule has 1 aliphatic carbocycles. The van der Waals surface area contributed by atoms with Crippen LogP contribution >= 0.6 is 23.5 Å². The number of imidazole rings is 1. The zero-order valence-corrected chi connectivity index (χ0v) is 46.8. The minimum absolute atomic E-state index is 0.0269. The summed E-state index contributed by atoms with van der Waals surface area (Å²) >= 11 is 0. The molecule has 26 heteroatoms. The first kappa shape index (κ1) is 57.9. The summed E-state index contributed by atoms with van der Waals surface area (Å²) in [4.78, 5) is 80.9. The zero-order chi connectivity index (χ0) is 55.5. The number of aliphatic hydroxyl groups is 1. The number of aliphatic hydroxyl groups excluding tert-OH is 1. The Morgan fingerprint density at radius 3 is 2.39 bits per heavy atom. The van der Waals surface area contributed by atoms with E-state index in [4.69, 9.17) is 14.5 Å². The highest BCUT2D eigenvalue weighted by Crippen LogP contribution is 2.66. The summed E-state index contributed by atoms with van der Waals surface area (Å²) in [7, 11) is -10.8. The van der Waals surface area contributed by atoms with Crippen LogP contribution in [0.4, 0.5) is 11.5 Å². The number of unbranched alkanes of at least 4 members (excludes halogenated alkanes) is 3. The van der Waals surface area contributed by atoms with Gasteiger partial charge in [0.05, 0.1) is 19.0 Å². The minimum atomic E-state index is -5.71. The van der Waals surface area contributed by atoms with E-state index in [2.05, 4.69) is 119 Å². The standard InChI is InChI=1S/C51H68N9O14P3/c1-7-59-25-14-16-33-26-38-40(28-41(33)59)51(2,3)39-27-34(57(4)5)20-21-37(39)46(38)35-17-10-11-18-36(35)50(63)58(6)24-15-19-44(62)52-22-12-8-9-13-23-53-48-47-49(55-31-54-48)60(32-56-47)45-29-42(61)43(72-45)30-71-76(67,68)74-77(69,70)73-75(64,65)66/h10-11,17-18,20-21,26-28,31-32,42-43,45,61H,7-9,12-16,19,22-25,29-30H2,1-6H3,(H5-,52,53,54,55,62,64,65,66,67,68,69,70)/p+1/t42-,43+,45+/m0/s1. The molecule has 3 aliphatic rings. The van der Waals surface area contributed by atoms with Gasteiger partial charge in [-0.3, -0.25) is 18.7 Å². The number of aryl methyl sites for hydroxylation is 1. The van der Waals surface area contributed by atoms with Crippen LogP contribution in [0.3, 0.4) is 0 Å². The van der Waals surface area contributed by atoms with Crippen molar-refractivity contribution >= 4 is 63.5 Å². The van der Waals surface area contributed by atoms with Crippen LogP contribution in [0.2, 0.25) is 0 Å². The molecule has 2 unspecified atom stereocenters. The van der Waals surface area contributed by atoms with Gasteiger partial charge in [0, 0.05) is 88.3 Å². The van der Waals surface area contributed by atoms with Crippen LogP contribution in [-0.2, 0) is 48.2 Å². The molecule has 1 saturated heterocycles. The quantitative estimate of drug-likeness (QED) is 0.0246. The molecule has 416 valence electrons. The van der Waals surface area contributed by atoms with Crippen LogP contribution in [-0.4, -0.2) is 134 Å². The fourth-order valence-electron chi connectivity index (χ4n) is 10.4. The smallest absolute Gasteiger partial charge is 0.390 e. The molecule has 2 aromatic heterocycles. The van der Waals surface area contributed by atoms with Crippen LogP contribution < -0.4 is 30.7 Å². The van der Waals surface area contributed by atoms with Gasteiger partial charge in [-0.15, -0.1) is 0 Å². The Labute approximate surface area is 446 Å². The molecule has 77 heavy (non-hydrogen) atoms. The fourth-order valence-corrected chi connectivity index (χ4v) is 13.4. The molecule has 2 amide bonds. The molecular formula is C51H69N9O14P3+. The van der Waals surface area contributed by atoms with Gasteiger partial charge < -0.3 is 49.9 Å². The third kappa shape index (κ3) is 13.6. The Morgan fingerprint density at radius 2 is 1.65 bits per heavy atom. The minimum Gasteiger partial charge on any atom is -0.390 e. The summed E-state index contributed by atoms with van der Waals surface area (Å²) in [6.07, 6.45) is 5.65. The summed E-state index contributed by atoms with van der Waals surface area (Å²) in [6.45, 7) is 9.53. The first-order chi connectivity index (χ1) is 36.5. The van der Waals surface area contributed by atoms with Gasteiger partial charge in [-0.2, -0.15) is 8.62 Å². The predicted octanol–water partition coefficient (Wildman–Crippen LogP) is 4.87. The molecule has 8 rings (SSSR count). The lowest BCUT2D eigenvalue weighted by Crippen LogP contribution is -2.43. The van der Waals surface area contributed by atoms with E-state index in [1.807, 2.05) is 18.2 Å². The van der Waals surface area contributed by atoms with Gasteiger partial charge in [0.25, 0.3) is 5.91 Å². The molecule has 0 spiro atoms. The summed E-state index contributed by atoms with van der Waals surface area (Å²) < 4.78 is 56.6. The highest BCUT2D eigenvalue weighted by Gasteiger charge is 2.43. The maximum atomic E-state index is 14.4. The predicted molar refractivity (Wildman–Crippen MR) is 287 cm³/mol. The van der Waals surface area contributed by atoms with Crippen LogP contribution in [0, 0.1) is 0 Å². The number of phosphoric acid groups is 3. The normalized spacial score (nSPS) is 19.4. The Balaban J connectivity index is 0.792. The molecule has 5 aromatic rings. The third-order valence-electron chi connectivity index (χ3n) is 14.3. The summed E-state index contributed by atoms with van der Waals surface area (Å²) in [5.74, 6) is 0.307. The van der Waals surface area contributed by atoms with Crippen molar-refractivity contribution in [3.05, 3.63) is 111 Å². The Hall–Kier alpha value is -5.25. The molecule has 7 N–H and O–H groups in total. The van der Waals surface area contributed by atoms with Gasteiger partial charge in [0.2, 0.25) is 11.3 Å². The highest BCUT2D eigenvalue weighted by molar-refractivity contribution is 7.66. The van der Waals surface area contributed by atoms with Gasteiger partial charge in [-0.25, -0.2) is 33.2 Å². The number of aromatic nitrogens is 4. The van der Waals surface area contributed by atoms with E-state index < -0.39 is 48.5 Å². The topological polar surface area (TPSA) is 301 Å². The van der Waals surface area contributed by atoms with Crippen molar-refractivity contribution in [3.63, 3.8) is 0 Å². The number of ether oxygens (including phenoxy) is 1. The second-order valence-electron chi connectivity index (χ2n) is 20.3. The largest absolute Gasteiger partial charge is 0.490 e. The van der Waals surface area contributed by atoms with Gasteiger partial charge in [0.15, 0.2) is 17.0 Å². The van der Waals surface area contributed by atoms with E-state index in [1.165, 1.54) is 44.5 Å². The third-order valence-corrected chi connectivity index (χ3v) is 18.1. The van der Waals surface area contributed by atoms with E-state index in [0.717, 1.165) is 74.0 Å². The molecule has 0 bridgehead atoms. The maximum absolute atomic E-state index is 14.4. The summed E-state index contributed by atoms with van der Waals surface area (Å²) in [6, 6.07) is 19.4. The molecule has 5 atom stereocenters. The van der Waals surface area contributed by atoms with Crippen molar-refractivity contribution < 1.29 is 65.8 Å². The first-order valence-corrected chi connectivity index (χ1v) is 30.3. The second kappa shape index (κ2) is 24.0. The second-order valence-corrected chi connectivity index (χ2v) is 24.7. The van der Waals surface area contributed by atoms with Gasteiger partial charge >= 0.3 is 23.5 Å². The van der Waals surface area contributed by atoms with E-state index >= 15 is 0 Å². The average Bonchev–Trinajstić information content (AvgIpc) is 4.13. The van der Waals surface area contributed by atoms with Crippen molar-refractivity contribution in [1.82, 2.24) is 34.3 Å². The number of fused-ring (bicyclic) bond motifs is 4. The first-order valence-electron chi connectivity index (χ1n) is 25.7. The summed E-state index contributed by atoms with van der Waals surface area (Å²) in [5.41, 5.74) is 9.17. The molecule has 0 saturated carbocycles. The number of hydrogen-bond acceptors (Lipinski definition) is 15. The van der Waals surface area contributed by atoms with Gasteiger partial charge in [-0.1, -0.05) is 51.0 Å². The van der Waals surface area contributed by atoms with Crippen molar-refractivity contribution in [2.45, 2.75) is 102 Å². The molecule has 2 aliphatic heterocycles. The lowest BCUT2D eigenvalue weighted by Gasteiger charge is -2.36. The van der Waals surface area contributed by atoms with E-state index in [0.29, 0.717) is 48.6 Å². The lowest BCUT2D eigenvalue weighted by atomic mass is 9.68. The van der Waals surface area contributed by atoms with Crippen LogP contribution in [0.5, 0.6) is 0 Å².